The Morgan fingerprint density at radius 1 is 1.05 bits per heavy atom. The van der Waals surface area contributed by atoms with Crippen LogP contribution in [-0.2, 0) is 14.4 Å². The Morgan fingerprint density at radius 3 is 1.95 bits per heavy atom. The second kappa shape index (κ2) is 6.54. The molecule has 6 heteroatoms. The lowest BCUT2D eigenvalue weighted by Gasteiger charge is -2.24. The topological polar surface area (TPSA) is 95.5 Å². The van der Waals surface area contributed by atoms with Crippen molar-refractivity contribution in [3.63, 3.8) is 0 Å². The number of aliphatic carboxylic acids is 1. The predicted molar refractivity (Wildman–Crippen MR) is 71.6 cm³/mol. The Bertz CT molecular complexity index is 360. The van der Waals surface area contributed by atoms with E-state index in [9.17, 15) is 14.4 Å². The Morgan fingerprint density at radius 2 is 1.58 bits per heavy atom. The largest absolute Gasteiger partial charge is 0.480 e. The van der Waals surface area contributed by atoms with Crippen LogP contribution in [0.5, 0.6) is 0 Å². The summed E-state index contributed by atoms with van der Waals surface area (Å²) in [6.07, 6.45) is 0.578. The molecule has 0 aromatic heterocycles. The number of nitrogens with one attached hydrogen (secondary N) is 2. The van der Waals surface area contributed by atoms with Crippen LogP contribution >= 0.6 is 0 Å². The molecule has 0 saturated heterocycles. The van der Waals surface area contributed by atoms with E-state index in [-0.39, 0.29) is 24.3 Å². The number of hydrogen-bond acceptors (Lipinski definition) is 3. The Kier molecular flexibility index (Phi) is 5.99. The summed E-state index contributed by atoms with van der Waals surface area (Å²) in [7, 11) is 0. The van der Waals surface area contributed by atoms with Crippen LogP contribution in [0.1, 0.15) is 47.5 Å². The Labute approximate surface area is 113 Å². The van der Waals surface area contributed by atoms with E-state index in [1.165, 1.54) is 6.92 Å². The molecule has 110 valence electrons. The highest BCUT2D eigenvalue weighted by atomic mass is 16.4. The van der Waals surface area contributed by atoms with Crippen LogP contribution in [-0.4, -0.2) is 35.0 Å². The number of amides is 2. The van der Waals surface area contributed by atoms with Gasteiger partial charge in [0.15, 0.2) is 0 Å². The molecule has 0 aromatic rings. The molecule has 0 heterocycles. The third kappa shape index (κ3) is 6.79. The van der Waals surface area contributed by atoms with E-state index in [0.29, 0.717) is 6.42 Å². The lowest BCUT2D eigenvalue weighted by molar-refractivity contribution is -0.146. The minimum absolute atomic E-state index is 0.153. The van der Waals surface area contributed by atoms with Crippen molar-refractivity contribution in [2.24, 2.45) is 5.41 Å². The zero-order chi connectivity index (χ0) is 15.3. The monoisotopic (exact) mass is 272 g/mol. The standard InChI is InChI=1S/C13H24N2O4/c1-6-13(5,11(18)19)15-10(17)8-14-9(16)7-12(2,3)4/h6-8H2,1-5H3,(H,14,16)(H,15,17)(H,18,19). The molecule has 0 aliphatic carbocycles. The second-order valence-corrected chi connectivity index (χ2v) is 6.05. The van der Waals surface area contributed by atoms with Crippen molar-refractivity contribution < 1.29 is 19.5 Å². The first-order valence-corrected chi connectivity index (χ1v) is 6.31. The van der Waals surface area contributed by atoms with Gasteiger partial charge in [-0.1, -0.05) is 27.7 Å². The Hall–Kier alpha value is -1.59. The van der Waals surface area contributed by atoms with E-state index in [1.54, 1.807) is 6.92 Å². The van der Waals surface area contributed by atoms with E-state index in [2.05, 4.69) is 10.6 Å². The average molecular weight is 272 g/mol. The highest BCUT2D eigenvalue weighted by Gasteiger charge is 2.32. The molecule has 0 saturated carbocycles. The molecule has 0 radical (unpaired) electrons. The predicted octanol–water partition coefficient (Wildman–Crippen LogP) is 0.908. The molecule has 0 spiro atoms. The lowest BCUT2D eigenvalue weighted by Crippen LogP contribution is -2.54. The average Bonchev–Trinajstić information content (AvgIpc) is 2.23. The van der Waals surface area contributed by atoms with E-state index in [4.69, 9.17) is 5.11 Å². The van der Waals surface area contributed by atoms with Crippen molar-refractivity contribution >= 4 is 17.8 Å². The van der Waals surface area contributed by atoms with Gasteiger partial charge < -0.3 is 15.7 Å². The van der Waals surface area contributed by atoms with Crippen LogP contribution in [0.4, 0.5) is 0 Å². The summed E-state index contributed by atoms with van der Waals surface area (Å²) in [5.74, 6) is -1.82. The normalized spacial score (nSPS) is 14.4. The van der Waals surface area contributed by atoms with Gasteiger partial charge in [-0.2, -0.15) is 0 Å². The van der Waals surface area contributed by atoms with Crippen LogP contribution in [0.2, 0.25) is 0 Å². The maximum absolute atomic E-state index is 11.6. The van der Waals surface area contributed by atoms with Gasteiger partial charge in [0, 0.05) is 6.42 Å². The first-order chi connectivity index (χ1) is 8.50. The first-order valence-electron chi connectivity index (χ1n) is 6.31. The molecule has 6 nitrogen and oxygen atoms in total. The van der Waals surface area contributed by atoms with Gasteiger partial charge in [-0.3, -0.25) is 9.59 Å². The molecule has 3 N–H and O–H groups in total. The minimum Gasteiger partial charge on any atom is -0.480 e. The van der Waals surface area contributed by atoms with Crippen molar-refractivity contribution in [1.82, 2.24) is 10.6 Å². The quantitative estimate of drug-likeness (QED) is 0.669. The molecule has 0 aliphatic rings. The van der Waals surface area contributed by atoms with Crippen LogP contribution in [0.3, 0.4) is 0 Å². The lowest BCUT2D eigenvalue weighted by atomic mass is 9.92. The SMILES string of the molecule is CCC(C)(NC(=O)CNC(=O)CC(C)(C)C)C(=O)O. The zero-order valence-electron chi connectivity index (χ0n) is 12.3. The number of rotatable bonds is 6. The van der Waals surface area contributed by atoms with Crippen molar-refractivity contribution in [3.05, 3.63) is 0 Å². The molecule has 0 bridgehead atoms. The van der Waals surface area contributed by atoms with Crippen LogP contribution in [0.15, 0.2) is 0 Å². The van der Waals surface area contributed by atoms with Gasteiger partial charge in [-0.05, 0) is 18.8 Å². The third-order valence-corrected chi connectivity index (χ3v) is 2.73. The summed E-state index contributed by atoms with van der Waals surface area (Å²) in [5, 5.41) is 13.9. The van der Waals surface area contributed by atoms with Crippen molar-refractivity contribution in [3.8, 4) is 0 Å². The molecule has 1 atom stereocenters. The molecular weight excluding hydrogens is 248 g/mol. The molecular formula is C13H24N2O4. The molecule has 0 fully saturated rings. The summed E-state index contributed by atoms with van der Waals surface area (Å²) in [5.41, 5.74) is -1.45. The zero-order valence-corrected chi connectivity index (χ0v) is 12.3. The van der Waals surface area contributed by atoms with Crippen LogP contribution in [0.25, 0.3) is 0 Å². The summed E-state index contributed by atoms with van der Waals surface area (Å²) in [6, 6.07) is 0. The maximum atomic E-state index is 11.6. The number of carbonyl (C=O) groups excluding carboxylic acids is 2. The van der Waals surface area contributed by atoms with Crippen LogP contribution in [0, 0.1) is 5.41 Å². The maximum Gasteiger partial charge on any atom is 0.329 e. The number of hydrogen-bond donors (Lipinski definition) is 3. The van der Waals surface area contributed by atoms with Gasteiger partial charge in [0.25, 0.3) is 0 Å². The fraction of sp³-hybridized carbons (Fsp3) is 0.769. The van der Waals surface area contributed by atoms with E-state index >= 15 is 0 Å². The number of carboxylic acid groups (broad SMARTS) is 1. The molecule has 2 amide bonds. The first kappa shape index (κ1) is 17.4. The van der Waals surface area contributed by atoms with Gasteiger partial charge in [0.1, 0.15) is 5.54 Å². The van der Waals surface area contributed by atoms with E-state index < -0.39 is 17.4 Å². The molecule has 0 aromatic carbocycles. The fourth-order valence-electron chi connectivity index (χ4n) is 1.37. The van der Waals surface area contributed by atoms with Crippen molar-refractivity contribution in [1.29, 1.82) is 0 Å². The number of carboxylic acids is 1. The highest BCUT2D eigenvalue weighted by molar-refractivity contribution is 5.89. The van der Waals surface area contributed by atoms with E-state index in [0.717, 1.165) is 0 Å². The summed E-state index contributed by atoms with van der Waals surface area (Å²) in [6.45, 7) is 8.66. The van der Waals surface area contributed by atoms with Crippen molar-refractivity contribution in [2.45, 2.75) is 53.0 Å². The minimum atomic E-state index is -1.30. The van der Waals surface area contributed by atoms with Crippen LogP contribution < -0.4 is 10.6 Å². The summed E-state index contributed by atoms with van der Waals surface area (Å²) in [4.78, 5) is 34.1. The Balaban J connectivity index is 4.27. The summed E-state index contributed by atoms with van der Waals surface area (Å²) < 4.78 is 0. The highest BCUT2D eigenvalue weighted by Crippen LogP contribution is 2.17. The second-order valence-electron chi connectivity index (χ2n) is 6.05. The smallest absolute Gasteiger partial charge is 0.329 e. The molecule has 19 heavy (non-hydrogen) atoms. The van der Waals surface area contributed by atoms with Gasteiger partial charge in [0.05, 0.1) is 6.54 Å². The van der Waals surface area contributed by atoms with Gasteiger partial charge in [-0.15, -0.1) is 0 Å². The van der Waals surface area contributed by atoms with E-state index in [1.807, 2.05) is 20.8 Å². The van der Waals surface area contributed by atoms with Gasteiger partial charge in [0.2, 0.25) is 11.8 Å². The molecule has 1 unspecified atom stereocenters. The molecule has 0 aliphatic heterocycles. The molecule has 0 rings (SSSR count). The van der Waals surface area contributed by atoms with Gasteiger partial charge >= 0.3 is 5.97 Å². The van der Waals surface area contributed by atoms with Gasteiger partial charge in [-0.25, -0.2) is 4.79 Å². The fourth-order valence-corrected chi connectivity index (χ4v) is 1.37. The van der Waals surface area contributed by atoms with Crippen molar-refractivity contribution in [2.75, 3.05) is 6.54 Å². The number of carbonyl (C=O) groups is 3. The third-order valence-electron chi connectivity index (χ3n) is 2.73. The summed E-state index contributed by atoms with van der Waals surface area (Å²) >= 11 is 0.